The molecule has 1 N–H and O–H groups in total. The molecule has 0 aliphatic rings. The van der Waals surface area contributed by atoms with Crippen LogP contribution in [0.5, 0.6) is 11.5 Å². The van der Waals surface area contributed by atoms with Crippen molar-refractivity contribution in [2.75, 3.05) is 6.26 Å². The molecule has 0 aliphatic carbocycles. The van der Waals surface area contributed by atoms with Gasteiger partial charge in [0.1, 0.15) is 11.5 Å². The van der Waals surface area contributed by atoms with E-state index in [1.807, 2.05) is 0 Å². The number of benzene rings is 2. The number of nitrogens with zero attached hydrogens (tertiary/aromatic N) is 3. The van der Waals surface area contributed by atoms with Crippen molar-refractivity contribution in [3.05, 3.63) is 58.9 Å². The summed E-state index contributed by atoms with van der Waals surface area (Å²) in [5.41, 5.74) is -2.53. The topological polar surface area (TPSA) is 97.8 Å². The Kier molecular flexibility index (Phi) is 5.69. The van der Waals surface area contributed by atoms with Crippen LogP contribution in [0, 0.1) is 0 Å². The van der Waals surface area contributed by atoms with E-state index in [1.165, 1.54) is 6.07 Å². The zero-order valence-electron chi connectivity index (χ0n) is 15.4. The highest BCUT2D eigenvalue weighted by atomic mass is 32.2. The smallest absolute Gasteiger partial charge is 0.417 e. The summed E-state index contributed by atoms with van der Waals surface area (Å²) >= 11 is 0. The molecule has 0 unspecified atom stereocenters. The van der Waals surface area contributed by atoms with Crippen LogP contribution >= 0.6 is 0 Å². The van der Waals surface area contributed by atoms with Crippen LogP contribution in [0.1, 0.15) is 22.5 Å². The quantitative estimate of drug-likeness (QED) is 0.571. The number of tetrazole rings is 1. The monoisotopic (exact) mass is 466 g/mol. The first-order valence-corrected chi connectivity index (χ1v) is 10.2. The van der Waals surface area contributed by atoms with E-state index < -0.39 is 49.7 Å². The number of hydrogen-bond acceptors (Lipinski definition) is 6. The molecule has 1 heterocycles. The lowest BCUT2D eigenvalue weighted by atomic mass is 10.1. The molecule has 0 atom stereocenters. The SMILES string of the molecule is CS(=O)(=O)c1ccc(Oc2cc(Cc3nn[nH]n3)cc(C(F)(F)F)c2)cc1C(F)(F)F. The second-order valence-corrected chi connectivity index (χ2v) is 8.38. The maximum atomic E-state index is 13.3. The Hall–Kier alpha value is -3.16. The standard InChI is InChI=1S/C17H12F6N4O3S/c1-31(28,29)14-3-2-11(8-13(14)17(21,22)23)30-12-5-9(6-15-24-26-27-25-15)4-10(7-12)16(18,19)20/h2-5,7-8H,6H2,1H3,(H,24,25,26,27). The number of alkyl halides is 6. The molecule has 1 aromatic heterocycles. The first kappa shape index (κ1) is 22.5. The summed E-state index contributed by atoms with van der Waals surface area (Å²) in [5.74, 6) is -0.819. The Morgan fingerprint density at radius 2 is 1.68 bits per heavy atom. The Labute approximate surface area is 171 Å². The number of aromatic amines is 1. The molecule has 0 spiro atoms. The van der Waals surface area contributed by atoms with E-state index in [9.17, 15) is 34.8 Å². The van der Waals surface area contributed by atoms with Gasteiger partial charge in [0.05, 0.1) is 16.0 Å². The molecule has 2 aromatic carbocycles. The van der Waals surface area contributed by atoms with Crippen molar-refractivity contribution in [2.45, 2.75) is 23.7 Å². The molecule has 0 amide bonds. The molecule has 14 heteroatoms. The molecule has 0 aliphatic heterocycles. The predicted octanol–water partition coefficient (Wildman–Crippen LogP) is 4.02. The number of halogens is 6. The maximum absolute atomic E-state index is 13.3. The highest BCUT2D eigenvalue weighted by Gasteiger charge is 2.37. The number of ether oxygens (including phenoxy) is 1. The van der Waals surface area contributed by atoms with Crippen molar-refractivity contribution >= 4 is 9.84 Å². The molecule has 3 rings (SSSR count). The number of rotatable bonds is 5. The molecule has 166 valence electrons. The predicted molar refractivity (Wildman–Crippen MR) is 93.1 cm³/mol. The molecule has 3 aromatic rings. The van der Waals surface area contributed by atoms with E-state index in [1.54, 1.807) is 0 Å². The van der Waals surface area contributed by atoms with Crippen molar-refractivity contribution < 1.29 is 39.5 Å². The van der Waals surface area contributed by atoms with Gasteiger partial charge in [-0.05, 0) is 42.0 Å². The fourth-order valence-electron chi connectivity index (χ4n) is 2.68. The van der Waals surface area contributed by atoms with Crippen LogP contribution < -0.4 is 4.74 Å². The number of sulfone groups is 1. The summed E-state index contributed by atoms with van der Waals surface area (Å²) < 4.78 is 108. The molecule has 31 heavy (non-hydrogen) atoms. The Morgan fingerprint density at radius 3 is 2.23 bits per heavy atom. The fourth-order valence-corrected chi connectivity index (χ4v) is 3.57. The minimum absolute atomic E-state index is 0.0648. The third-order valence-electron chi connectivity index (χ3n) is 3.94. The summed E-state index contributed by atoms with van der Waals surface area (Å²) in [5, 5.41) is 12.7. The highest BCUT2D eigenvalue weighted by Crippen LogP contribution is 2.39. The average molecular weight is 466 g/mol. The van der Waals surface area contributed by atoms with Crippen molar-refractivity contribution in [1.29, 1.82) is 0 Å². The van der Waals surface area contributed by atoms with Crippen LogP contribution in [0.2, 0.25) is 0 Å². The highest BCUT2D eigenvalue weighted by molar-refractivity contribution is 7.90. The van der Waals surface area contributed by atoms with Crippen molar-refractivity contribution in [3.8, 4) is 11.5 Å². The van der Waals surface area contributed by atoms with Crippen LogP contribution in [0.15, 0.2) is 41.3 Å². The fraction of sp³-hybridized carbons (Fsp3) is 0.235. The lowest BCUT2D eigenvalue weighted by Crippen LogP contribution is -2.12. The summed E-state index contributed by atoms with van der Waals surface area (Å²) in [6, 6.07) is 4.61. The van der Waals surface area contributed by atoms with Gasteiger partial charge in [0, 0.05) is 12.7 Å². The lowest BCUT2D eigenvalue weighted by Gasteiger charge is -2.15. The van der Waals surface area contributed by atoms with E-state index in [0.717, 1.165) is 12.1 Å². The molecular formula is C17H12F6N4O3S. The van der Waals surface area contributed by atoms with Gasteiger partial charge in [0.2, 0.25) is 0 Å². The van der Waals surface area contributed by atoms with Gasteiger partial charge in [-0.1, -0.05) is 5.21 Å². The van der Waals surface area contributed by atoms with Gasteiger partial charge >= 0.3 is 12.4 Å². The molecule has 0 radical (unpaired) electrons. The minimum Gasteiger partial charge on any atom is -0.457 e. The third kappa shape index (κ3) is 5.51. The summed E-state index contributed by atoms with van der Waals surface area (Å²) in [6.45, 7) is 0. The van der Waals surface area contributed by atoms with Crippen LogP contribution in [0.4, 0.5) is 26.3 Å². The van der Waals surface area contributed by atoms with E-state index in [2.05, 4.69) is 20.6 Å². The molecule has 7 nitrogen and oxygen atoms in total. The third-order valence-corrected chi connectivity index (χ3v) is 5.09. The van der Waals surface area contributed by atoms with Crippen molar-refractivity contribution in [3.63, 3.8) is 0 Å². The van der Waals surface area contributed by atoms with E-state index in [4.69, 9.17) is 4.74 Å². The van der Waals surface area contributed by atoms with Crippen LogP contribution in [0.3, 0.4) is 0 Å². The van der Waals surface area contributed by atoms with Gasteiger partial charge in [0.25, 0.3) is 0 Å². The number of hydrogen-bond donors (Lipinski definition) is 1. The maximum Gasteiger partial charge on any atom is 0.417 e. The van der Waals surface area contributed by atoms with Crippen LogP contribution in [-0.4, -0.2) is 35.3 Å². The summed E-state index contributed by atoms with van der Waals surface area (Å²) in [6.07, 6.45) is -9.34. The first-order chi connectivity index (χ1) is 14.2. The zero-order valence-corrected chi connectivity index (χ0v) is 16.2. The Balaban J connectivity index is 2.03. The summed E-state index contributed by atoms with van der Waals surface area (Å²) in [7, 11) is -4.22. The summed E-state index contributed by atoms with van der Waals surface area (Å²) in [4.78, 5) is -0.978. The van der Waals surface area contributed by atoms with Gasteiger partial charge in [-0.2, -0.15) is 31.6 Å². The normalized spacial score (nSPS) is 12.7. The van der Waals surface area contributed by atoms with Gasteiger partial charge in [-0.3, -0.25) is 0 Å². The Morgan fingerprint density at radius 1 is 0.968 bits per heavy atom. The molecule has 0 saturated heterocycles. The molecule has 0 bridgehead atoms. The minimum atomic E-state index is -5.03. The van der Waals surface area contributed by atoms with E-state index in [-0.39, 0.29) is 17.8 Å². The number of aromatic nitrogens is 4. The number of H-pyrrole nitrogens is 1. The van der Waals surface area contributed by atoms with Crippen molar-refractivity contribution in [1.82, 2.24) is 20.6 Å². The average Bonchev–Trinajstić information content (AvgIpc) is 3.12. The number of nitrogens with one attached hydrogen (secondary N) is 1. The second-order valence-electron chi connectivity index (χ2n) is 6.40. The zero-order chi connectivity index (χ0) is 23.0. The second kappa shape index (κ2) is 7.83. The molecule has 0 fully saturated rings. The Bertz CT molecular complexity index is 1190. The van der Waals surface area contributed by atoms with Crippen molar-refractivity contribution in [2.24, 2.45) is 0 Å². The molecular weight excluding hydrogens is 454 g/mol. The largest absolute Gasteiger partial charge is 0.457 e. The lowest BCUT2D eigenvalue weighted by molar-refractivity contribution is -0.140. The van der Waals surface area contributed by atoms with Gasteiger partial charge < -0.3 is 4.74 Å². The molecule has 0 saturated carbocycles. The van der Waals surface area contributed by atoms with Gasteiger partial charge in [-0.25, -0.2) is 8.42 Å². The first-order valence-electron chi connectivity index (χ1n) is 8.26. The van der Waals surface area contributed by atoms with E-state index in [0.29, 0.717) is 24.5 Å². The van der Waals surface area contributed by atoms with Gasteiger partial charge in [-0.15, -0.1) is 10.2 Å². The van der Waals surface area contributed by atoms with Gasteiger partial charge in [0.15, 0.2) is 15.7 Å². The van der Waals surface area contributed by atoms with Crippen LogP contribution in [-0.2, 0) is 28.6 Å². The van der Waals surface area contributed by atoms with Crippen LogP contribution in [0.25, 0.3) is 0 Å². The van der Waals surface area contributed by atoms with E-state index >= 15 is 0 Å².